The number of nitrogens with one attached hydrogen (secondary N) is 4. The first-order valence-corrected chi connectivity index (χ1v) is 13.0. The Kier molecular flexibility index (Phi) is 9.56. The van der Waals surface area contributed by atoms with E-state index in [9.17, 15) is 9.59 Å². The van der Waals surface area contributed by atoms with E-state index in [0.29, 0.717) is 40.5 Å². The smallest absolute Gasteiger partial charge is 0.247 e. The molecule has 1 atom stereocenters. The molecule has 0 radical (unpaired) electrons. The standard InChI is InChI=1S/C32H33N5O4/c1-40-27-17-12-22(18-28(27)41-2)19-29(38)37-26-11-7-6-10-25(26)30(32(39)35-20-21-8-4-3-5-9-21)36-24-15-13-23(14-16-24)31(33)34/h3-18,30,36H,19-20H2,1-2H3,(H3,33,34)(H,35,39)(H,37,38). The van der Waals surface area contributed by atoms with Gasteiger partial charge >= 0.3 is 0 Å². The Morgan fingerprint density at radius 3 is 2.20 bits per heavy atom. The van der Waals surface area contributed by atoms with Gasteiger partial charge in [0.2, 0.25) is 11.8 Å². The van der Waals surface area contributed by atoms with Crippen LogP contribution in [-0.4, -0.2) is 31.9 Å². The number of hydrogen-bond acceptors (Lipinski definition) is 6. The molecule has 0 aliphatic heterocycles. The summed E-state index contributed by atoms with van der Waals surface area (Å²) in [6.45, 7) is 0.342. The topological polar surface area (TPSA) is 139 Å². The number of carbonyl (C=O) groups is 2. The van der Waals surface area contributed by atoms with Gasteiger partial charge in [0.25, 0.3) is 0 Å². The van der Waals surface area contributed by atoms with Gasteiger partial charge in [-0.15, -0.1) is 0 Å². The second-order valence-corrected chi connectivity index (χ2v) is 9.27. The van der Waals surface area contributed by atoms with Crippen molar-refractivity contribution in [3.8, 4) is 11.5 Å². The summed E-state index contributed by atoms with van der Waals surface area (Å²) >= 11 is 0. The van der Waals surface area contributed by atoms with Gasteiger partial charge in [-0.25, -0.2) is 0 Å². The van der Waals surface area contributed by atoms with Crippen LogP contribution >= 0.6 is 0 Å². The van der Waals surface area contributed by atoms with Crippen LogP contribution in [0.15, 0.2) is 97.1 Å². The predicted molar refractivity (Wildman–Crippen MR) is 160 cm³/mol. The second-order valence-electron chi connectivity index (χ2n) is 9.27. The second kappa shape index (κ2) is 13.7. The van der Waals surface area contributed by atoms with Crippen LogP contribution in [0.4, 0.5) is 11.4 Å². The molecular formula is C32H33N5O4. The molecule has 0 saturated heterocycles. The molecule has 0 bridgehead atoms. The molecule has 41 heavy (non-hydrogen) atoms. The number of benzene rings is 4. The Bertz CT molecular complexity index is 1510. The van der Waals surface area contributed by atoms with E-state index in [1.165, 1.54) is 0 Å². The number of rotatable bonds is 12. The Labute approximate surface area is 239 Å². The highest BCUT2D eigenvalue weighted by molar-refractivity contribution is 5.96. The third-order valence-corrected chi connectivity index (χ3v) is 6.44. The van der Waals surface area contributed by atoms with E-state index in [0.717, 1.165) is 11.1 Å². The number of para-hydroxylation sites is 1. The first-order valence-electron chi connectivity index (χ1n) is 13.0. The zero-order chi connectivity index (χ0) is 29.2. The molecule has 1 unspecified atom stereocenters. The van der Waals surface area contributed by atoms with Crippen LogP contribution in [0.1, 0.15) is 28.3 Å². The van der Waals surface area contributed by atoms with Crippen LogP contribution in [-0.2, 0) is 22.6 Å². The fourth-order valence-corrected chi connectivity index (χ4v) is 4.32. The van der Waals surface area contributed by atoms with E-state index in [2.05, 4.69) is 16.0 Å². The number of amides is 2. The molecule has 0 saturated carbocycles. The zero-order valence-corrected chi connectivity index (χ0v) is 22.9. The van der Waals surface area contributed by atoms with Crippen molar-refractivity contribution in [1.82, 2.24) is 5.32 Å². The molecule has 0 spiro atoms. The molecule has 0 heterocycles. The van der Waals surface area contributed by atoms with Crippen molar-refractivity contribution in [2.24, 2.45) is 5.73 Å². The Morgan fingerprint density at radius 2 is 1.51 bits per heavy atom. The van der Waals surface area contributed by atoms with Crippen LogP contribution in [0, 0.1) is 5.41 Å². The van der Waals surface area contributed by atoms with Crippen molar-refractivity contribution >= 4 is 29.0 Å². The van der Waals surface area contributed by atoms with Gasteiger partial charge in [0.1, 0.15) is 11.9 Å². The van der Waals surface area contributed by atoms with E-state index in [1.54, 1.807) is 74.9 Å². The fourth-order valence-electron chi connectivity index (χ4n) is 4.32. The van der Waals surface area contributed by atoms with Gasteiger partial charge < -0.3 is 31.2 Å². The van der Waals surface area contributed by atoms with Crippen molar-refractivity contribution in [3.05, 3.63) is 119 Å². The minimum Gasteiger partial charge on any atom is -0.493 e. The molecule has 4 aromatic carbocycles. The summed E-state index contributed by atoms with van der Waals surface area (Å²) in [6.07, 6.45) is 0.0967. The largest absolute Gasteiger partial charge is 0.493 e. The number of methoxy groups -OCH3 is 2. The lowest BCUT2D eigenvalue weighted by molar-refractivity contribution is -0.122. The predicted octanol–water partition coefficient (Wildman–Crippen LogP) is 4.64. The Morgan fingerprint density at radius 1 is 0.829 bits per heavy atom. The van der Waals surface area contributed by atoms with E-state index < -0.39 is 6.04 Å². The average Bonchev–Trinajstić information content (AvgIpc) is 2.99. The van der Waals surface area contributed by atoms with Gasteiger partial charge in [0.05, 0.1) is 20.6 Å². The van der Waals surface area contributed by atoms with Gasteiger partial charge in [0.15, 0.2) is 11.5 Å². The van der Waals surface area contributed by atoms with Crippen molar-refractivity contribution in [2.45, 2.75) is 19.0 Å². The summed E-state index contributed by atoms with van der Waals surface area (Å²) in [5, 5.41) is 16.9. The number of ether oxygens (including phenoxy) is 2. The highest BCUT2D eigenvalue weighted by Crippen LogP contribution is 2.29. The first-order chi connectivity index (χ1) is 19.9. The van der Waals surface area contributed by atoms with Crippen LogP contribution in [0.25, 0.3) is 0 Å². The highest BCUT2D eigenvalue weighted by atomic mass is 16.5. The molecule has 6 N–H and O–H groups in total. The normalized spacial score (nSPS) is 11.2. The molecule has 4 aromatic rings. The third-order valence-electron chi connectivity index (χ3n) is 6.44. The molecule has 210 valence electrons. The Balaban J connectivity index is 1.58. The van der Waals surface area contributed by atoms with Gasteiger partial charge in [-0.2, -0.15) is 0 Å². The average molecular weight is 552 g/mol. The van der Waals surface area contributed by atoms with Crippen LogP contribution in [0.5, 0.6) is 11.5 Å². The maximum absolute atomic E-state index is 13.6. The van der Waals surface area contributed by atoms with E-state index in [-0.39, 0.29) is 24.1 Å². The third kappa shape index (κ3) is 7.63. The zero-order valence-electron chi connectivity index (χ0n) is 22.9. The van der Waals surface area contributed by atoms with Gasteiger partial charge in [0, 0.05) is 29.0 Å². The first kappa shape index (κ1) is 28.7. The number of hydrogen-bond donors (Lipinski definition) is 5. The number of carbonyl (C=O) groups excluding carboxylic acids is 2. The van der Waals surface area contributed by atoms with Gasteiger partial charge in [-0.1, -0.05) is 54.6 Å². The van der Waals surface area contributed by atoms with Crippen molar-refractivity contribution in [1.29, 1.82) is 5.41 Å². The minimum absolute atomic E-state index is 0.0451. The maximum atomic E-state index is 13.6. The number of anilines is 2. The summed E-state index contributed by atoms with van der Waals surface area (Å²) in [5.74, 6) is 0.545. The summed E-state index contributed by atoms with van der Waals surface area (Å²) in [5.41, 5.74) is 9.63. The number of nitrogens with two attached hydrogens (primary N) is 1. The number of amidine groups is 1. The summed E-state index contributed by atoms with van der Waals surface area (Å²) in [6, 6.07) is 28.2. The molecule has 0 aliphatic carbocycles. The Hall–Kier alpha value is -5.31. The molecule has 9 nitrogen and oxygen atoms in total. The van der Waals surface area contributed by atoms with Crippen molar-refractivity contribution < 1.29 is 19.1 Å². The van der Waals surface area contributed by atoms with Gasteiger partial charge in [-0.05, 0) is 53.6 Å². The molecule has 0 aromatic heterocycles. The lowest BCUT2D eigenvalue weighted by atomic mass is 10.0. The number of nitrogen functional groups attached to an aromatic ring is 1. The lowest BCUT2D eigenvalue weighted by Gasteiger charge is -2.23. The van der Waals surface area contributed by atoms with Crippen molar-refractivity contribution in [3.63, 3.8) is 0 Å². The maximum Gasteiger partial charge on any atom is 0.247 e. The van der Waals surface area contributed by atoms with E-state index in [1.807, 2.05) is 36.4 Å². The molecule has 2 amide bonds. The molecule has 0 fully saturated rings. The van der Waals surface area contributed by atoms with Gasteiger partial charge in [-0.3, -0.25) is 15.0 Å². The molecule has 4 rings (SSSR count). The van der Waals surface area contributed by atoms with Crippen molar-refractivity contribution in [2.75, 3.05) is 24.9 Å². The fraction of sp³-hybridized carbons (Fsp3) is 0.156. The van der Waals surface area contributed by atoms with Crippen LogP contribution in [0.3, 0.4) is 0 Å². The molecular weight excluding hydrogens is 518 g/mol. The summed E-state index contributed by atoms with van der Waals surface area (Å²) in [7, 11) is 3.10. The van der Waals surface area contributed by atoms with E-state index in [4.69, 9.17) is 20.6 Å². The summed E-state index contributed by atoms with van der Waals surface area (Å²) < 4.78 is 10.6. The minimum atomic E-state index is -0.834. The van der Waals surface area contributed by atoms with Crippen LogP contribution in [0.2, 0.25) is 0 Å². The molecule has 0 aliphatic rings. The highest BCUT2D eigenvalue weighted by Gasteiger charge is 2.24. The van der Waals surface area contributed by atoms with E-state index >= 15 is 0 Å². The summed E-state index contributed by atoms with van der Waals surface area (Å²) in [4.78, 5) is 26.7. The SMILES string of the molecule is COc1ccc(CC(=O)Nc2ccccc2C(Nc2ccc(C(=N)N)cc2)C(=O)NCc2ccccc2)cc1OC. The molecule has 9 heteroatoms. The monoisotopic (exact) mass is 551 g/mol. The quantitative estimate of drug-likeness (QED) is 0.128. The lowest BCUT2D eigenvalue weighted by Crippen LogP contribution is -2.34. The van der Waals surface area contributed by atoms with Crippen LogP contribution < -0.4 is 31.2 Å².